The maximum atomic E-state index is 12.5. The number of carbonyl (C=O) groups excluding carboxylic acids is 1. The Balaban J connectivity index is 1.33. The number of benzene rings is 1. The Bertz CT molecular complexity index is 1070. The molecule has 1 aromatic carbocycles. The van der Waals surface area contributed by atoms with Gasteiger partial charge in [-0.15, -0.1) is 11.3 Å². The van der Waals surface area contributed by atoms with E-state index < -0.39 is 0 Å². The first-order chi connectivity index (χ1) is 12.2. The number of hydrogen-bond donors (Lipinski definition) is 1. The number of aromatic nitrogens is 3. The number of rotatable bonds is 4. The van der Waals surface area contributed by atoms with Crippen molar-refractivity contribution in [3.05, 3.63) is 53.4 Å². The smallest absolute Gasteiger partial charge is 0.261 e. The number of carbonyl (C=O) groups is 1. The molecule has 1 aliphatic carbocycles. The van der Waals surface area contributed by atoms with Crippen LogP contribution < -0.4 is 5.32 Å². The lowest BCUT2D eigenvalue weighted by Crippen LogP contribution is -2.23. The summed E-state index contributed by atoms with van der Waals surface area (Å²) in [6.07, 6.45) is 6.87. The van der Waals surface area contributed by atoms with Gasteiger partial charge in [0.15, 0.2) is 0 Å². The summed E-state index contributed by atoms with van der Waals surface area (Å²) in [7, 11) is 1.98. The van der Waals surface area contributed by atoms with E-state index in [1.807, 2.05) is 41.9 Å². The number of amides is 1. The Labute approximate surface area is 148 Å². The van der Waals surface area contributed by atoms with E-state index in [4.69, 9.17) is 0 Å². The van der Waals surface area contributed by atoms with Crippen molar-refractivity contribution in [2.45, 2.75) is 25.4 Å². The van der Waals surface area contributed by atoms with Crippen molar-refractivity contribution < 1.29 is 4.79 Å². The van der Waals surface area contributed by atoms with E-state index in [0.29, 0.717) is 12.6 Å². The molecule has 0 saturated heterocycles. The highest BCUT2D eigenvalue weighted by atomic mass is 32.1. The third kappa shape index (κ3) is 2.53. The molecule has 25 heavy (non-hydrogen) atoms. The Morgan fingerprint density at radius 1 is 1.32 bits per heavy atom. The van der Waals surface area contributed by atoms with Crippen LogP contribution in [0, 0.1) is 0 Å². The number of fused-ring (bicyclic) bond motifs is 2. The quantitative estimate of drug-likeness (QED) is 0.608. The van der Waals surface area contributed by atoms with Crippen molar-refractivity contribution in [1.29, 1.82) is 0 Å². The average molecular weight is 350 g/mol. The first kappa shape index (κ1) is 14.7. The van der Waals surface area contributed by atoms with E-state index in [0.717, 1.165) is 27.1 Å². The molecule has 5 rings (SSSR count). The molecule has 3 heterocycles. The molecule has 0 bridgehead atoms. The van der Waals surface area contributed by atoms with Gasteiger partial charge in [0.2, 0.25) is 0 Å². The first-order valence-corrected chi connectivity index (χ1v) is 9.30. The summed E-state index contributed by atoms with van der Waals surface area (Å²) >= 11 is 1.56. The normalized spacial score (nSPS) is 14.4. The summed E-state index contributed by atoms with van der Waals surface area (Å²) in [6.45, 7) is 0.425. The van der Waals surface area contributed by atoms with Gasteiger partial charge < -0.3 is 14.5 Å². The van der Waals surface area contributed by atoms with Crippen LogP contribution in [-0.2, 0) is 13.6 Å². The Morgan fingerprint density at radius 2 is 2.16 bits per heavy atom. The fraction of sp³-hybridized carbons (Fsp3) is 0.263. The zero-order chi connectivity index (χ0) is 17.0. The Morgan fingerprint density at radius 3 is 2.92 bits per heavy atom. The van der Waals surface area contributed by atoms with Crippen LogP contribution in [0.25, 0.3) is 21.1 Å². The van der Waals surface area contributed by atoms with E-state index in [2.05, 4.69) is 27.3 Å². The fourth-order valence-electron chi connectivity index (χ4n) is 3.25. The van der Waals surface area contributed by atoms with Gasteiger partial charge in [0.1, 0.15) is 5.82 Å². The zero-order valence-electron chi connectivity index (χ0n) is 13.9. The van der Waals surface area contributed by atoms with Crippen LogP contribution >= 0.6 is 11.3 Å². The van der Waals surface area contributed by atoms with Crippen molar-refractivity contribution in [2.75, 3.05) is 0 Å². The molecular formula is C19H18N4OS. The predicted molar refractivity (Wildman–Crippen MR) is 100.0 cm³/mol. The third-order valence-corrected chi connectivity index (χ3v) is 5.91. The molecule has 0 aliphatic heterocycles. The van der Waals surface area contributed by atoms with Crippen LogP contribution in [0.15, 0.2) is 42.7 Å². The SMILES string of the molecule is Cn1c(CNC(=O)c2cc3cn(C4CC4)cc3s2)nc2ccccc21. The van der Waals surface area contributed by atoms with Crippen LogP contribution in [0.1, 0.15) is 34.4 Å². The number of nitrogens with zero attached hydrogens (tertiary/aromatic N) is 3. The molecule has 1 N–H and O–H groups in total. The monoisotopic (exact) mass is 350 g/mol. The maximum Gasteiger partial charge on any atom is 0.261 e. The van der Waals surface area contributed by atoms with Gasteiger partial charge in [0, 0.05) is 30.9 Å². The van der Waals surface area contributed by atoms with Crippen LogP contribution in [0.2, 0.25) is 0 Å². The first-order valence-electron chi connectivity index (χ1n) is 8.48. The minimum Gasteiger partial charge on any atom is -0.349 e. The van der Waals surface area contributed by atoms with Crippen molar-refractivity contribution in [3.63, 3.8) is 0 Å². The van der Waals surface area contributed by atoms with Gasteiger partial charge in [0.05, 0.1) is 27.2 Å². The number of nitrogens with one attached hydrogen (secondary N) is 1. The van der Waals surface area contributed by atoms with E-state index in [-0.39, 0.29) is 5.91 Å². The van der Waals surface area contributed by atoms with E-state index in [9.17, 15) is 4.79 Å². The molecule has 0 spiro atoms. The second-order valence-electron chi connectivity index (χ2n) is 6.63. The fourth-order valence-corrected chi connectivity index (χ4v) is 4.24. The number of hydrogen-bond acceptors (Lipinski definition) is 3. The molecule has 0 atom stereocenters. The van der Waals surface area contributed by atoms with Crippen molar-refractivity contribution in [3.8, 4) is 0 Å². The second-order valence-corrected chi connectivity index (χ2v) is 7.71. The molecule has 0 radical (unpaired) electrons. The van der Waals surface area contributed by atoms with E-state index in [1.165, 1.54) is 17.5 Å². The number of para-hydroxylation sites is 2. The van der Waals surface area contributed by atoms with Crippen molar-refractivity contribution in [2.24, 2.45) is 7.05 Å². The summed E-state index contributed by atoms with van der Waals surface area (Å²) in [5.74, 6) is 0.822. The topological polar surface area (TPSA) is 51.9 Å². The summed E-state index contributed by atoms with van der Waals surface area (Å²) in [6, 6.07) is 10.7. The lowest BCUT2D eigenvalue weighted by Gasteiger charge is -2.04. The lowest BCUT2D eigenvalue weighted by molar-refractivity contribution is 0.0954. The Hall–Kier alpha value is -2.60. The van der Waals surface area contributed by atoms with Crippen LogP contribution in [0.3, 0.4) is 0 Å². The van der Waals surface area contributed by atoms with Gasteiger partial charge in [-0.2, -0.15) is 0 Å². The van der Waals surface area contributed by atoms with Crippen LogP contribution in [-0.4, -0.2) is 20.0 Å². The predicted octanol–water partition coefficient (Wildman–Crippen LogP) is 3.85. The summed E-state index contributed by atoms with van der Waals surface area (Å²) in [5.41, 5.74) is 2.03. The molecule has 1 saturated carbocycles. The average Bonchev–Trinajstić information content (AvgIpc) is 3.15. The molecule has 0 unspecified atom stereocenters. The maximum absolute atomic E-state index is 12.5. The molecular weight excluding hydrogens is 332 g/mol. The molecule has 3 aromatic heterocycles. The summed E-state index contributed by atoms with van der Waals surface area (Å²) in [5, 5.41) is 4.16. The number of thiophene rings is 1. The highest BCUT2D eigenvalue weighted by Crippen LogP contribution is 2.38. The van der Waals surface area contributed by atoms with Gasteiger partial charge in [-0.25, -0.2) is 4.98 Å². The summed E-state index contributed by atoms with van der Waals surface area (Å²) in [4.78, 5) is 17.9. The standard InChI is InChI=1S/C19H18N4OS/c1-22-15-5-3-2-4-14(15)21-18(22)9-20-19(24)16-8-12-10-23(13-6-7-13)11-17(12)25-16/h2-5,8,10-11,13H,6-7,9H2,1H3,(H,20,24). The van der Waals surface area contributed by atoms with Crippen molar-refractivity contribution in [1.82, 2.24) is 19.4 Å². The van der Waals surface area contributed by atoms with E-state index in [1.54, 1.807) is 11.3 Å². The highest BCUT2D eigenvalue weighted by molar-refractivity contribution is 7.20. The van der Waals surface area contributed by atoms with E-state index >= 15 is 0 Å². The number of imidazole rings is 1. The molecule has 6 heteroatoms. The summed E-state index contributed by atoms with van der Waals surface area (Å²) < 4.78 is 5.49. The van der Waals surface area contributed by atoms with Gasteiger partial charge in [-0.05, 0) is 31.0 Å². The molecule has 4 aromatic rings. The molecule has 1 aliphatic rings. The molecule has 126 valence electrons. The minimum absolute atomic E-state index is 0.0359. The minimum atomic E-state index is -0.0359. The van der Waals surface area contributed by atoms with Gasteiger partial charge in [0.25, 0.3) is 5.91 Å². The van der Waals surface area contributed by atoms with Gasteiger partial charge in [-0.3, -0.25) is 4.79 Å². The molecule has 1 fully saturated rings. The third-order valence-electron chi connectivity index (χ3n) is 4.82. The highest BCUT2D eigenvalue weighted by Gasteiger charge is 2.24. The number of aryl methyl sites for hydroxylation is 1. The second kappa shape index (κ2) is 5.46. The van der Waals surface area contributed by atoms with Gasteiger partial charge >= 0.3 is 0 Å². The molecule has 1 amide bonds. The largest absolute Gasteiger partial charge is 0.349 e. The van der Waals surface area contributed by atoms with Crippen LogP contribution in [0.4, 0.5) is 0 Å². The van der Waals surface area contributed by atoms with Crippen LogP contribution in [0.5, 0.6) is 0 Å². The van der Waals surface area contributed by atoms with Crippen molar-refractivity contribution >= 4 is 38.4 Å². The van der Waals surface area contributed by atoms with Gasteiger partial charge in [-0.1, -0.05) is 12.1 Å². The molecule has 5 nitrogen and oxygen atoms in total. The Kier molecular flexibility index (Phi) is 3.21. The lowest BCUT2D eigenvalue weighted by atomic mass is 10.3. The zero-order valence-corrected chi connectivity index (χ0v) is 14.7.